The number of aromatic nitrogens is 2. The van der Waals surface area contributed by atoms with E-state index in [1.165, 1.54) is 11.8 Å². The fourth-order valence-electron chi connectivity index (χ4n) is 2.42. The molecule has 1 aromatic heterocycles. The number of halogens is 1. The van der Waals surface area contributed by atoms with E-state index in [9.17, 15) is 4.79 Å². The lowest BCUT2D eigenvalue weighted by molar-refractivity contribution is 0.102. The molecule has 26 heavy (non-hydrogen) atoms. The van der Waals surface area contributed by atoms with Gasteiger partial charge < -0.3 is 10.6 Å². The van der Waals surface area contributed by atoms with E-state index in [2.05, 4.69) is 20.6 Å². The van der Waals surface area contributed by atoms with Crippen molar-refractivity contribution < 1.29 is 4.79 Å². The van der Waals surface area contributed by atoms with E-state index in [1.54, 1.807) is 6.20 Å². The first-order chi connectivity index (χ1) is 12.6. The summed E-state index contributed by atoms with van der Waals surface area (Å²) >= 11 is 5.88. The topological polar surface area (TPSA) is 66.9 Å². The number of anilines is 2. The summed E-state index contributed by atoms with van der Waals surface area (Å²) in [5.41, 5.74) is 3.22. The summed E-state index contributed by atoms with van der Waals surface area (Å²) in [7, 11) is 0. The first-order valence-electron chi connectivity index (χ1n) is 8.29. The maximum Gasteiger partial charge on any atom is 0.275 e. The predicted molar refractivity (Wildman–Crippen MR) is 105 cm³/mol. The Hall–Kier alpha value is -2.92. The van der Waals surface area contributed by atoms with Gasteiger partial charge in [-0.1, -0.05) is 41.9 Å². The molecule has 5 nitrogen and oxygen atoms in total. The molecule has 0 unspecified atom stereocenters. The lowest BCUT2D eigenvalue weighted by atomic mass is 10.1. The van der Waals surface area contributed by atoms with Crippen molar-refractivity contribution in [2.75, 3.05) is 17.2 Å². The number of nitrogens with zero attached hydrogens (tertiary/aromatic N) is 2. The Morgan fingerprint density at radius 1 is 1.04 bits per heavy atom. The van der Waals surface area contributed by atoms with Crippen LogP contribution in [0.25, 0.3) is 0 Å². The molecule has 0 aliphatic rings. The molecule has 0 spiro atoms. The molecule has 0 atom stereocenters. The fraction of sp³-hybridized carbons (Fsp3) is 0.150. The Morgan fingerprint density at radius 3 is 2.50 bits per heavy atom. The van der Waals surface area contributed by atoms with E-state index < -0.39 is 0 Å². The van der Waals surface area contributed by atoms with Gasteiger partial charge in [0.15, 0.2) is 0 Å². The van der Waals surface area contributed by atoms with Crippen molar-refractivity contribution in [2.24, 2.45) is 0 Å². The Labute approximate surface area is 157 Å². The standard InChI is InChI=1S/C20H19ClN4O/c1-14-4-2-3-5-17(14)25-20(26)18-12-24-19(13-23-18)22-11-10-15-6-8-16(21)9-7-15/h2-9,12-13H,10-11H2,1H3,(H,22,24)(H,25,26). The van der Waals surface area contributed by atoms with Gasteiger partial charge in [-0.2, -0.15) is 0 Å². The molecule has 0 bridgehead atoms. The van der Waals surface area contributed by atoms with Crippen LogP contribution in [0.3, 0.4) is 0 Å². The molecule has 0 aliphatic heterocycles. The van der Waals surface area contributed by atoms with Gasteiger partial charge in [0, 0.05) is 17.3 Å². The lowest BCUT2D eigenvalue weighted by Gasteiger charge is -2.08. The van der Waals surface area contributed by atoms with Crippen LogP contribution < -0.4 is 10.6 Å². The van der Waals surface area contributed by atoms with Crippen molar-refractivity contribution in [3.63, 3.8) is 0 Å². The van der Waals surface area contributed by atoms with Crippen LogP contribution in [0.1, 0.15) is 21.6 Å². The number of para-hydroxylation sites is 1. The molecular weight excluding hydrogens is 348 g/mol. The van der Waals surface area contributed by atoms with Gasteiger partial charge in [-0.05, 0) is 42.7 Å². The van der Waals surface area contributed by atoms with E-state index >= 15 is 0 Å². The molecule has 3 rings (SSSR count). The number of rotatable bonds is 6. The minimum absolute atomic E-state index is 0.275. The van der Waals surface area contributed by atoms with Gasteiger partial charge in [-0.25, -0.2) is 9.97 Å². The van der Waals surface area contributed by atoms with Gasteiger partial charge in [0.2, 0.25) is 0 Å². The van der Waals surface area contributed by atoms with E-state index in [0.29, 0.717) is 12.4 Å². The van der Waals surface area contributed by atoms with Crippen LogP contribution in [-0.2, 0) is 6.42 Å². The molecule has 0 saturated heterocycles. The Kier molecular flexibility index (Phi) is 5.81. The monoisotopic (exact) mass is 366 g/mol. The third-order valence-corrected chi connectivity index (χ3v) is 4.16. The molecular formula is C20H19ClN4O. The van der Waals surface area contributed by atoms with Crippen molar-refractivity contribution in [2.45, 2.75) is 13.3 Å². The summed E-state index contributed by atoms with van der Waals surface area (Å²) in [5.74, 6) is 0.353. The van der Waals surface area contributed by atoms with Crippen molar-refractivity contribution >= 4 is 29.0 Å². The number of aryl methyl sites for hydroxylation is 1. The molecule has 132 valence electrons. The van der Waals surface area contributed by atoms with Crippen LogP contribution in [0.5, 0.6) is 0 Å². The quantitative estimate of drug-likeness (QED) is 0.680. The van der Waals surface area contributed by atoms with Crippen molar-refractivity contribution in [3.8, 4) is 0 Å². The highest BCUT2D eigenvalue weighted by Crippen LogP contribution is 2.14. The summed E-state index contributed by atoms with van der Waals surface area (Å²) in [6, 6.07) is 15.3. The second-order valence-corrected chi connectivity index (χ2v) is 6.30. The summed E-state index contributed by atoms with van der Waals surface area (Å²) in [4.78, 5) is 20.7. The van der Waals surface area contributed by atoms with Crippen LogP contribution in [0.4, 0.5) is 11.5 Å². The third-order valence-electron chi connectivity index (χ3n) is 3.91. The van der Waals surface area contributed by atoms with Gasteiger partial charge in [-0.15, -0.1) is 0 Å². The number of benzene rings is 2. The molecule has 2 N–H and O–H groups in total. The Bertz CT molecular complexity index is 879. The van der Waals surface area contributed by atoms with Crippen molar-refractivity contribution in [3.05, 3.63) is 82.8 Å². The van der Waals surface area contributed by atoms with Gasteiger partial charge in [0.1, 0.15) is 11.5 Å². The van der Waals surface area contributed by atoms with E-state index in [0.717, 1.165) is 22.7 Å². The molecule has 0 radical (unpaired) electrons. The fourth-order valence-corrected chi connectivity index (χ4v) is 2.55. The van der Waals surface area contributed by atoms with Crippen LogP contribution in [-0.4, -0.2) is 22.4 Å². The number of nitrogens with one attached hydrogen (secondary N) is 2. The smallest absolute Gasteiger partial charge is 0.275 e. The lowest BCUT2D eigenvalue weighted by Crippen LogP contribution is -2.15. The average Bonchev–Trinajstić information content (AvgIpc) is 2.66. The Morgan fingerprint density at radius 2 is 1.81 bits per heavy atom. The highest BCUT2D eigenvalue weighted by Gasteiger charge is 2.09. The van der Waals surface area contributed by atoms with Crippen LogP contribution in [0.2, 0.25) is 5.02 Å². The first kappa shape index (κ1) is 17.9. The molecule has 2 aromatic carbocycles. The second-order valence-electron chi connectivity index (χ2n) is 5.86. The number of carbonyl (C=O) groups is 1. The highest BCUT2D eigenvalue weighted by molar-refractivity contribution is 6.30. The van der Waals surface area contributed by atoms with Gasteiger partial charge in [0.25, 0.3) is 5.91 Å². The van der Waals surface area contributed by atoms with Gasteiger partial charge in [-0.3, -0.25) is 4.79 Å². The molecule has 1 heterocycles. The molecule has 3 aromatic rings. The number of hydrogen-bond acceptors (Lipinski definition) is 4. The molecule has 6 heteroatoms. The van der Waals surface area contributed by atoms with E-state index in [-0.39, 0.29) is 11.6 Å². The van der Waals surface area contributed by atoms with Gasteiger partial charge >= 0.3 is 0 Å². The normalized spacial score (nSPS) is 10.4. The maximum absolute atomic E-state index is 12.3. The largest absolute Gasteiger partial charge is 0.368 e. The van der Waals surface area contributed by atoms with Crippen LogP contribution >= 0.6 is 11.6 Å². The number of carbonyl (C=O) groups excluding carboxylic acids is 1. The third kappa shape index (κ3) is 4.80. The van der Waals surface area contributed by atoms with Crippen LogP contribution in [0.15, 0.2) is 60.9 Å². The zero-order chi connectivity index (χ0) is 18.4. The van der Waals surface area contributed by atoms with Crippen molar-refractivity contribution in [1.29, 1.82) is 0 Å². The highest BCUT2D eigenvalue weighted by atomic mass is 35.5. The summed E-state index contributed by atoms with van der Waals surface area (Å²) in [5, 5.41) is 6.77. The zero-order valence-corrected chi connectivity index (χ0v) is 15.1. The van der Waals surface area contributed by atoms with Crippen LogP contribution in [0, 0.1) is 6.92 Å². The average molecular weight is 367 g/mol. The number of hydrogen-bond donors (Lipinski definition) is 2. The molecule has 0 saturated carbocycles. The van der Waals surface area contributed by atoms with Gasteiger partial charge in [0.05, 0.1) is 12.4 Å². The van der Waals surface area contributed by atoms with Crippen molar-refractivity contribution in [1.82, 2.24) is 9.97 Å². The zero-order valence-electron chi connectivity index (χ0n) is 14.4. The molecule has 0 aliphatic carbocycles. The summed E-state index contributed by atoms with van der Waals surface area (Å²) < 4.78 is 0. The second kappa shape index (κ2) is 8.45. The molecule has 0 fully saturated rings. The van der Waals surface area contributed by atoms with E-state index in [4.69, 9.17) is 11.6 Å². The first-order valence-corrected chi connectivity index (χ1v) is 8.67. The summed E-state index contributed by atoms with van der Waals surface area (Å²) in [6.07, 6.45) is 3.88. The van der Waals surface area contributed by atoms with E-state index in [1.807, 2.05) is 55.5 Å². The minimum Gasteiger partial charge on any atom is -0.368 e. The summed E-state index contributed by atoms with van der Waals surface area (Å²) in [6.45, 7) is 2.65. The number of amides is 1. The Balaban J connectivity index is 1.53. The molecule has 1 amide bonds. The SMILES string of the molecule is Cc1ccccc1NC(=O)c1cnc(NCCc2ccc(Cl)cc2)cn1. The predicted octanol–water partition coefficient (Wildman–Crippen LogP) is 4.35. The maximum atomic E-state index is 12.3. The minimum atomic E-state index is -0.278.